The Labute approximate surface area is 120 Å². The van der Waals surface area contributed by atoms with Crippen LogP contribution in [0.25, 0.3) is 0 Å². The average molecular weight is 348 g/mol. The van der Waals surface area contributed by atoms with Gasteiger partial charge >= 0.3 is 6.61 Å². The molecule has 2 aromatic rings. The van der Waals surface area contributed by atoms with Gasteiger partial charge in [-0.2, -0.15) is 8.78 Å². The van der Waals surface area contributed by atoms with Crippen molar-refractivity contribution in [1.29, 1.82) is 0 Å². The average Bonchev–Trinajstić information content (AvgIpc) is 2.77. The molecule has 0 fully saturated rings. The lowest BCUT2D eigenvalue weighted by molar-refractivity contribution is -0.0498. The third kappa shape index (κ3) is 3.74. The van der Waals surface area contributed by atoms with Crippen LogP contribution in [-0.4, -0.2) is 12.5 Å². The van der Waals surface area contributed by atoms with Gasteiger partial charge in [-0.1, -0.05) is 0 Å². The zero-order valence-electron chi connectivity index (χ0n) is 9.40. The second-order valence-electron chi connectivity index (χ2n) is 3.45. The Kier molecular flexibility index (Phi) is 4.49. The minimum Gasteiger partial charge on any atom is -0.435 e. The number of hydrogen-bond donors (Lipinski definition) is 1. The Hall–Kier alpha value is -1.47. The van der Waals surface area contributed by atoms with Gasteiger partial charge in [0.25, 0.3) is 5.91 Å². The predicted octanol–water partition coefficient (Wildman–Crippen LogP) is 4.36. The van der Waals surface area contributed by atoms with Crippen molar-refractivity contribution in [2.75, 3.05) is 5.32 Å². The molecule has 1 N–H and O–H groups in total. The van der Waals surface area contributed by atoms with Crippen molar-refractivity contribution in [3.63, 3.8) is 0 Å². The first-order chi connectivity index (χ1) is 9.06. The largest absolute Gasteiger partial charge is 0.435 e. The summed E-state index contributed by atoms with van der Waals surface area (Å²) in [7, 11) is 0. The number of carbonyl (C=O) groups excluding carboxylic acids is 1. The van der Waals surface area contributed by atoms with E-state index in [-0.39, 0.29) is 11.7 Å². The van der Waals surface area contributed by atoms with E-state index < -0.39 is 6.61 Å². The van der Waals surface area contributed by atoms with Crippen LogP contribution in [0.15, 0.2) is 40.2 Å². The van der Waals surface area contributed by atoms with E-state index in [0.29, 0.717) is 15.0 Å². The van der Waals surface area contributed by atoms with Crippen LogP contribution in [0.1, 0.15) is 9.67 Å². The molecule has 7 heteroatoms. The first kappa shape index (κ1) is 14.0. The lowest BCUT2D eigenvalue weighted by Gasteiger charge is -2.07. The van der Waals surface area contributed by atoms with Crippen LogP contribution >= 0.6 is 27.3 Å². The Morgan fingerprint density at radius 3 is 2.47 bits per heavy atom. The zero-order chi connectivity index (χ0) is 13.8. The number of amides is 1. The first-order valence-corrected chi connectivity index (χ1v) is 6.83. The van der Waals surface area contributed by atoms with Crippen LogP contribution in [-0.2, 0) is 0 Å². The maximum atomic E-state index is 12.0. The highest BCUT2D eigenvalue weighted by atomic mass is 79.9. The molecule has 0 aliphatic rings. The van der Waals surface area contributed by atoms with Crippen molar-refractivity contribution in [3.05, 3.63) is 45.1 Å². The van der Waals surface area contributed by atoms with E-state index in [4.69, 9.17) is 0 Å². The number of alkyl halides is 2. The molecule has 0 saturated carbocycles. The Morgan fingerprint density at radius 2 is 1.95 bits per heavy atom. The maximum absolute atomic E-state index is 12.0. The smallest absolute Gasteiger partial charge is 0.387 e. The molecule has 0 aliphatic carbocycles. The highest BCUT2D eigenvalue weighted by Crippen LogP contribution is 2.24. The van der Waals surface area contributed by atoms with E-state index >= 15 is 0 Å². The zero-order valence-corrected chi connectivity index (χ0v) is 11.8. The van der Waals surface area contributed by atoms with Crippen LogP contribution in [0.5, 0.6) is 5.75 Å². The van der Waals surface area contributed by atoms with Gasteiger partial charge in [-0.3, -0.25) is 4.79 Å². The number of rotatable bonds is 4. The molecule has 0 aliphatic heterocycles. The number of thiophene rings is 1. The minimum atomic E-state index is -2.86. The second-order valence-corrected chi connectivity index (χ2v) is 5.23. The monoisotopic (exact) mass is 347 g/mol. The van der Waals surface area contributed by atoms with Crippen LogP contribution in [0.2, 0.25) is 0 Å². The van der Waals surface area contributed by atoms with Crippen LogP contribution in [0.3, 0.4) is 0 Å². The summed E-state index contributed by atoms with van der Waals surface area (Å²) in [5, 5.41) is 4.45. The van der Waals surface area contributed by atoms with E-state index in [9.17, 15) is 13.6 Å². The molecule has 1 heterocycles. The number of halogens is 3. The molecule has 0 spiro atoms. The van der Waals surface area contributed by atoms with Crippen LogP contribution in [0.4, 0.5) is 14.5 Å². The third-order valence-corrected chi connectivity index (χ3v) is 4.00. The summed E-state index contributed by atoms with van der Waals surface area (Å²) < 4.78 is 28.9. The van der Waals surface area contributed by atoms with Crippen molar-refractivity contribution >= 4 is 38.9 Å². The van der Waals surface area contributed by atoms with Gasteiger partial charge in [-0.05, 0) is 51.6 Å². The Balaban J connectivity index is 2.04. The van der Waals surface area contributed by atoms with Crippen molar-refractivity contribution in [3.8, 4) is 5.75 Å². The number of ether oxygens (including phenoxy) is 1. The summed E-state index contributed by atoms with van der Waals surface area (Å²) in [6.45, 7) is -2.86. The molecular weight excluding hydrogens is 340 g/mol. The van der Waals surface area contributed by atoms with E-state index in [2.05, 4.69) is 26.0 Å². The molecule has 1 aromatic carbocycles. The van der Waals surface area contributed by atoms with E-state index in [0.717, 1.165) is 0 Å². The van der Waals surface area contributed by atoms with E-state index in [1.54, 1.807) is 11.4 Å². The second kappa shape index (κ2) is 6.12. The number of carbonyl (C=O) groups is 1. The van der Waals surface area contributed by atoms with Crippen molar-refractivity contribution in [2.24, 2.45) is 0 Å². The maximum Gasteiger partial charge on any atom is 0.387 e. The van der Waals surface area contributed by atoms with Crippen molar-refractivity contribution in [1.82, 2.24) is 0 Å². The lowest BCUT2D eigenvalue weighted by atomic mass is 10.3. The molecule has 0 bridgehead atoms. The predicted molar refractivity (Wildman–Crippen MR) is 73.0 cm³/mol. The molecule has 0 atom stereocenters. The summed E-state index contributed by atoms with van der Waals surface area (Å²) in [6, 6.07) is 7.50. The van der Waals surface area contributed by atoms with Gasteiger partial charge in [0.15, 0.2) is 0 Å². The first-order valence-electron chi connectivity index (χ1n) is 5.15. The molecule has 1 amide bonds. The summed E-state index contributed by atoms with van der Waals surface area (Å²) in [5.41, 5.74) is 0.506. The van der Waals surface area contributed by atoms with Gasteiger partial charge in [0.05, 0.1) is 0 Å². The fourth-order valence-corrected chi connectivity index (χ4v) is 2.81. The summed E-state index contributed by atoms with van der Waals surface area (Å²) >= 11 is 4.57. The number of nitrogens with one attached hydrogen (secondary N) is 1. The van der Waals surface area contributed by atoms with Crippen molar-refractivity contribution in [2.45, 2.75) is 6.61 Å². The van der Waals surface area contributed by atoms with Crippen LogP contribution < -0.4 is 10.1 Å². The number of hydrogen-bond acceptors (Lipinski definition) is 3. The normalized spacial score (nSPS) is 10.5. The van der Waals surface area contributed by atoms with Crippen molar-refractivity contribution < 1.29 is 18.3 Å². The highest BCUT2D eigenvalue weighted by Gasteiger charge is 2.11. The molecule has 19 heavy (non-hydrogen) atoms. The fourth-order valence-electron chi connectivity index (χ4n) is 1.36. The lowest BCUT2D eigenvalue weighted by Crippen LogP contribution is -2.10. The molecule has 3 nitrogen and oxygen atoms in total. The van der Waals surface area contributed by atoms with Gasteiger partial charge in [-0.25, -0.2) is 0 Å². The van der Waals surface area contributed by atoms with Gasteiger partial charge in [0, 0.05) is 10.2 Å². The SMILES string of the molecule is O=C(Nc1ccc(OC(F)F)cc1)c1sccc1Br. The minimum absolute atomic E-state index is 0.0466. The third-order valence-electron chi connectivity index (χ3n) is 2.16. The molecule has 100 valence electrons. The Bertz CT molecular complexity index is 571. The van der Waals surface area contributed by atoms with Gasteiger partial charge < -0.3 is 10.1 Å². The molecule has 0 saturated heterocycles. The number of benzene rings is 1. The van der Waals surface area contributed by atoms with Gasteiger partial charge in [-0.15, -0.1) is 11.3 Å². The molecular formula is C12H8BrF2NO2S. The van der Waals surface area contributed by atoms with Gasteiger partial charge in [0.1, 0.15) is 10.6 Å². The van der Waals surface area contributed by atoms with E-state index in [1.807, 2.05) is 0 Å². The summed E-state index contributed by atoms with van der Waals surface area (Å²) in [6.07, 6.45) is 0. The number of anilines is 1. The standard InChI is InChI=1S/C12H8BrF2NO2S/c13-9-5-6-19-10(9)11(17)16-7-1-3-8(4-2-7)18-12(14)15/h1-6,12H,(H,16,17). The molecule has 1 aromatic heterocycles. The van der Waals surface area contributed by atoms with Gasteiger partial charge in [0.2, 0.25) is 0 Å². The molecule has 0 radical (unpaired) electrons. The summed E-state index contributed by atoms with van der Waals surface area (Å²) in [5.74, 6) is -0.213. The molecule has 2 rings (SSSR count). The quantitative estimate of drug-likeness (QED) is 0.891. The fraction of sp³-hybridized carbons (Fsp3) is 0.0833. The van der Waals surface area contributed by atoms with Crippen LogP contribution in [0, 0.1) is 0 Å². The topological polar surface area (TPSA) is 38.3 Å². The Morgan fingerprint density at radius 1 is 1.26 bits per heavy atom. The molecule has 0 unspecified atom stereocenters. The van der Waals surface area contributed by atoms with E-state index in [1.165, 1.54) is 35.6 Å². The highest BCUT2D eigenvalue weighted by molar-refractivity contribution is 9.10. The summed E-state index contributed by atoms with van der Waals surface area (Å²) in [4.78, 5) is 12.4.